The summed E-state index contributed by atoms with van der Waals surface area (Å²) in [4.78, 5) is 22.1. The fourth-order valence-corrected chi connectivity index (χ4v) is 3.01. The Labute approximate surface area is 175 Å². The molecule has 2 aromatic rings. The van der Waals surface area contributed by atoms with E-state index in [1.165, 1.54) is 19.3 Å². The lowest BCUT2D eigenvalue weighted by atomic mass is 10.1. The van der Waals surface area contributed by atoms with Crippen molar-refractivity contribution in [2.24, 2.45) is 0 Å². The van der Waals surface area contributed by atoms with E-state index in [1.54, 1.807) is 18.2 Å². The first kappa shape index (κ1) is 21.7. The topological polar surface area (TPSA) is 87.9 Å². The van der Waals surface area contributed by atoms with Gasteiger partial charge in [0.15, 0.2) is 18.1 Å². The van der Waals surface area contributed by atoms with Crippen LogP contribution in [-0.2, 0) is 4.79 Å². The maximum absolute atomic E-state index is 12.2. The molecule has 148 valence electrons. The first-order valence-corrected chi connectivity index (χ1v) is 9.17. The molecular formula is C19H17BrClNO6. The third kappa shape index (κ3) is 5.71. The minimum atomic E-state index is -0.641. The molecule has 2 aromatic carbocycles. The smallest absolute Gasteiger partial charge is 0.349 e. The fraction of sp³-hybridized carbons (Fsp3) is 0.211. The molecule has 0 saturated heterocycles. The molecule has 0 heterocycles. The van der Waals surface area contributed by atoms with Gasteiger partial charge in [0, 0.05) is 11.1 Å². The summed E-state index contributed by atoms with van der Waals surface area (Å²) in [6.07, 6.45) is 2.10. The van der Waals surface area contributed by atoms with Crippen LogP contribution in [0.25, 0.3) is 6.08 Å². The summed E-state index contributed by atoms with van der Waals surface area (Å²) in [7, 11) is 1.40. The highest BCUT2D eigenvalue weighted by atomic mass is 79.9. The van der Waals surface area contributed by atoms with E-state index in [2.05, 4.69) is 15.9 Å². The normalized spacial score (nSPS) is 10.8. The van der Waals surface area contributed by atoms with Gasteiger partial charge in [-0.2, -0.15) is 0 Å². The van der Waals surface area contributed by atoms with Gasteiger partial charge in [0.1, 0.15) is 5.75 Å². The van der Waals surface area contributed by atoms with Gasteiger partial charge in [-0.05, 0) is 70.7 Å². The number of esters is 1. The lowest BCUT2D eigenvalue weighted by Crippen LogP contribution is -2.18. The van der Waals surface area contributed by atoms with Gasteiger partial charge in [0.25, 0.3) is 0 Å². The van der Waals surface area contributed by atoms with Crippen molar-refractivity contribution in [2.45, 2.75) is 13.8 Å². The van der Waals surface area contributed by atoms with Gasteiger partial charge >= 0.3 is 5.97 Å². The number of hydrogen-bond acceptors (Lipinski definition) is 6. The van der Waals surface area contributed by atoms with Crippen molar-refractivity contribution in [1.82, 2.24) is 0 Å². The number of aryl methyl sites for hydroxylation is 2. The van der Waals surface area contributed by atoms with Gasteiger partial charge in [-0.25, -0.2) is 4.79 Å². The molecule has 0 bridgehead atoms. The summed E-state index contributed by atoms with van der Waals surface area (Å²) in [5.74, 6) is 0.252. The summed E-state index contributed by atoms with van der Waals surface area (Å²) >= 11 is 9.40. The van der Waals surface area contributed by atoms with E-state index in [1.807, 2.05) is 13.8 Å². The van der Waals surface area contributed by atoms with Crippen molar-refractivity contribution in [3.8, 4) is 17.2 Å². The molecule has 0 spiro atoms. The van der Waals surface area contributed by atoms with Crippen molar-refractivity contribution in [1.29, 1.82) is 0 Å². The average molecular weight is 471 g/mol. The molecule has 0 saturated carbocycles. The van der Waals surface area contributed by atoms with E-state index in [-0.39, 0.29) is 18.1 Å². The lowest BCUT2D eigenvalue weighted by molar-refractivity contribution is -0.400. The first-order chi connectivity index (χ1) is 13.2. The second-order valence-electron chi connectivity index (χ2n) is 5.77. The van der Waals surface area contributed by atoms with Crippen molar-refractivity contribution in [2.75, 3.05) is 13.7 Å². The van der Waals surface area contributed by atoms with E-state index >= 15 is 0 Å². The van der Waals surface area contributed by atoms with Crippen molar-refractivity contribution >= 4 is 39.6 Å². The largest absolute Gasteiger partial charge is 0.493 e. The Balaban J connectivity index is 2.12. The van der Waals surface area contributed by atoms with Gasteiger partial charge in [-0.3, -0.25) is 10.1 Å². The van der Waals surface area contributed by atoms with Crippen LogP contribution in [0.3, 0.4) is 0 Å². The highest BCUT2D eigenvalue weighted by molar-refractivity contribution is 9.10. The predicted octanol–water partition coefficient (Wildman–Crippen LogP) is 4.96. The summed E-state index contributed by atoms with van der Waals surface area (Å²) in [6, 6.07) is 6.54. The molecule has 0 N–H and O–H groups in total. The second-order valence-corrected chi connectivity index (χ2v) is 7.00. The molecule has 2 rings (SSSR count). The van der Waals surface area contributed by atoms with Crippen molar-refractivity contribution in [3.63, 3.8) is 0 Å². The van der Waals surface area contributed by atoms with Crippen LogP contribution in [0.1, 0.15) is 16.7 Å². The molecule has 0 aromatic heterocycles. The van der Waals surface area contributed by atoms with E-state index in [0.717, 1.165) is 17.3 Å². The van der Waals surface area contributed by atoms with Crippen LogP contribution in [-0.4, -0.2) is 24.6 Å². The third-order valence-electron chi connectivity index (χ3n) is 3.62. The molecule has 9 heteroatoms. The van der Waals surface area contributed by atoms with Crippen LogP contribution in [0.4, 0.5) is 0 Å². The highest BCUT2D eigenvalue weighted by Crippen LogP contribution is 2.37. The Hall–Kier alpha value is -2.58. The molecule has 0 atom stereocenters. The van der Waals surface area contributed by atoms with Gasteiger partial charge in [0.05, 0.1) is 16.5 Å². The van der Waals surface area contributed by atoms with Gasteiger partial charge in [0.2, 0.25) is 6.20 Å². The third-order valence-corrected chi connectivity index (χ3v) is 4.81. The maximum Gasteiger partial charge on any atom is 0.349 e. The number of carbonyl (C=O) groups excluding carboxylic acids is 1. The molecule has 0 fully saturated rings. The first-order valence-electron chi connectivity index (χ1n) is 8.00. The molecule has 0 amide bonds. The number of benzene rings is 2. The number of ether oxygens (including phenoxy) is 3. The van der Waals surface area contributed by atoms with Crippen LogP contribution < -0.4 is 14.2 Å². The molecule has 0 aliphatic carbocycles. The summed E-state index contributed by atoms with van der Waals surface area (Å²) in [5.41, 5.74) is 2.18. The monoisotopic (exact) mass is 469 g/mol. The van der Waals surface area contributed by atoms with E-state index < -0.39 is 10.9 Å². The van der Waals surface area contributed by atoms with Crippen molar-refractivity contribution in [3.05, 3.63) is 66.8 Å². The number of nitrogens with zero attached hydrogens (tertiary/aromatic N) is 1. The number of methoxy groups -OCH3 is 1. The number of carbonyl (C=O) groups is 1. The molecule has 7 nitrogen and oxygen atoms in total. The van der Waals surface area contributed by atoms with Crippen LogP contribution in [0.15, 0.2) is 34.9 Å². The highest BCUT2D eigenvalue weighted by Gasteiger charge is 2.16. The zero-order chi connectivity index (χ0) is 20.8. The van der Waals surface area contributed by atoms with Gasteiger partial charge in [-0.15, -0.1) is 0 Å². The SMILES string of the molecule is COc1cc(/C=C/[N+](=O)[O-])cc(Br)c1OC(=O)COc1cc(C)c(Cl)c(C)c1. The molecule has 0 aliphatic rings. The molecule has 28 heavy (non-hydrogen) atoms. The van der Waals surface area contributed by atoms with Crippen LogP contribution in [0, 0.1) is 24.0 Å². The molecule has 0 radical (unpaired) electrons. The van der Waals surface area contributed by atoms with E-state index in [9.17, 15) is 14.9 Å². The van der Waals surface area contributed by atoms with Crippen LogP contribution >= 0.6 is 27.5 Å². The Morgan fingerprint density at radius 3 is 2.46 bits per heavy atom. The molecule has 0 aliphatic heterocycles. The number of halogens is 2. The Kier molecular flexibility index (Phi) is 7.42. The Morgan fingerprint density at radius 1 is 1.25 bits per heavy atom. The number of hydrogen-bond donors (Lipinski definition) is 0. The second kappa shape index (κ2) is 9.57. The quantitative estimate of drug-likeness (QED) is 0.246. The predicted molar refractivity (Wildman–Crippen MR) is 109 cm³/mol. The van der Waals surface area contributed by atoms with E-state index in [0.29, 0.717) is 20.8 Å². The molecule has 0 unspecified atom stereocenters. The Morgan fingerprint density at radius 2 is 1.89 bits per heavy atom. The standard InChI is InChI=1S/C19H17BrClNO6/c1-11-6-14(7-12(2)18(11)21)27-10-17(23)28-19-15(20)8-13(4-5-22(24)25)9-16(19)26-3/h4-9H,10H2,1-3H3/b5-4+. The Bertz CT molecular complexity index is 921. The van der Waals surface area contributed by atoms with Gasteiger partial charge in [-0.1, -0.05) is 11.6 Å². The lowest BCUT2D eigenvalue weighted by Gasteiger charge is -2.13. The van der Waals surface area contributed by atoms with Crippen LogP contribution in [0.2, 0.25) is 5.02 Å². The number of nitro groups is 1. The van der Waals surface area contributed by atoms with Gasteiger partial charge < -0.3 is 14.2 Å². The van der Waals surface area contributed by atoms with Crippen molar-refractivity contribution < 1.29 is 23.9 Å². The van der Waals surface area contributed by atoms with Crippen LogP contribution in [0.5, 0.6) is 17.2 Å². The summed E-state index contributed by atoms with van der Waals surface area (Å²) < 4.78 is 16.4. The molecular weight excluding hydrogens is 454 g/mol. The average Bonchev–Trinajstić information content (AvgIpc) is 2.64. The number of rotatable bonds is 7. The fourth-order valence-electron chi connectivity index (χ4n) is 2.36. The minimum Gasteiger partial charge on any atom is -0.493 e. The summed E-state index contributed by atoms with van der Waals surface area (Å²) in [5, 5.41) is 11.1. The maximum atomic E-state index is 12.2. The minimum absolute atomic E-state index is 0.151. The zero-order valence-corrected chi connectivity index (χ0v) is 17.7. The summed E-state index contributed by atoms with van der Waals surface area (Å²) in [6.45, 7) is 3.37. The zero-order valence-electron chi connectivity index (χ0n) is 15.3. The van der Waals surface area contributed by atoms with E-state index in [4.69, 9.17) is 25.8 Å².